The monoisotopic (exact) mass is 385 g/mol. The van der Waals surface area contributed by atoms with E-state index < -0.39 is 10.0 Å². The summed E-state index contributed by atoms with van der Waals surface area (Å²) in [7, 11) is -2.03. The molecule has 1 amide bonds. The number of nitrogens with zero attached hydrogens (tertiary/aromatic N) is 2. The third-order valence-corrected chi connectivity index (χ3v) is 5.95. The van der Waals surface area contributed by atoms with Crippen LogP contribution in [-0.4, -0.2) is 38.7 Å². The highest BCUT2D eigenvalue weighted by molar-refractivity contribution is 7.90. The number of benzene rings is 2. The van der Waals surface area contributed by atoms with Gasteiger partial charge in [0.15, 0.2) is 5.84 Å². The van der Waals surface area contributed by atoms with E-state index in [0.29, 0.717) is 11.4 Å². The van der Waals surface area contributed by atoms with Crippen molar-refractivity contribution in [3.05, 3.63) is 65.2 Å². The van der Waals surface area contributed by atoms with Crippen molar-refractivity contribution in [1.29, 1.82) is 0 Å². The Morgan fingerprint density at radius 2 is 1.81 bits per heavy atom. The maximum Gasteiger partial charge on any atom is 0.285 e. The lowest BCUT2D eigenvalue weighted by Crippen LogP contribution is -2.39. The Balaban J connectivity index is 1.67. The molecule has 3 rings (SSSR count). The molecule has 1 atom stereocenters. The summed E-state index contributed by atoms with van der Waals surface area (Å²) in [5, 5.41) is 2.95. The molecule has 1 unspecified atom stereocenters. The highest BCUT2D eigenvalue weighted by atomic mass is 32.2. The Morgan fingerprint density at radius 3 is 2.48 bits per heavy atom. The van der Waals surface area contributed by atoms with E-state index >= 15 is 0 Å². The van der Waals surface area contributed by atoms with Gasteiger partial charge in [0, 0.05) is 12.6 Å². The fraction of sp³-hybridized carbons (Fsp3) is 0.300. The lowest BCUT2D eigenvalue weighted by atomic mass is 10.1. The number of amidine groups is 1. The maximum absolute atomic E-state index is 12.4. The van der Waals surface area contributed by atoms with Crippen molar-refractivity contribution in [1.82, 2.24) is 10.2 Å². The summed E-state index contributed by atoms with van der Waals surface area (Å²) in [4.78, 5) is 14.2. The van der Waals surface area contributed by atoms with Crippen molar-refractivity contribution in [2.45, 2.75) is 31.2 Å². The molecule has 0 bridgehead atoms. The molecule has 1 aliphatic rings. The number of hydrogen-bond acceptors (Lipinski definition) is 4. The zero-order valence-electron chi connectivity index (χ0n) is 15.6. The number of fused-ring (bicyclic) bond motifs is 1. The SMILES string of the molecule is CCc1ccc(C(C)NC(=O)CN(C)C2=NS(=O)(=O)c3ccccc32)cc1. The van der Waals surface area contributed by atoms with E-state index in [1.807, 2.05) is 19.1 Å². The Kier molecular flexibility index (Phi) is 5.32. The first-order chi connectivity index (χ1) is 12.8. The lowest BCUT2D eigenvalue weighted by molar-refractivity contribution is -0.121. The van der Waals surface area contributed by atoms with Gasteiger partial charge in [-0.05, 0) is 36.6 Å². The minimum absolute atomic E-state index is 0.0140. The Labute approximate surface area is 160 Å². The van der Waals surface area contributed by atoms with Gasteiger partial charge in [-0.2, -0.15) is 8.42 Å². The van der Waals surface area contributed by atoms with Gasteiger partial charge in [-0.1, -0.05) is 43.3 Å². The second-order valence-electron chi connectivity index (χ2n) is 6.63. The van der Waals surface area contributed by atoms with Crippen molar-refractivity contribution in [2.24, 2.45) is 4.40 Å². The van der Waals surface area contributed by atoms with Gasteiger partial charge >= 0.3 is 0 Å². The van der Waals surface area contributed by atoms with E-state index in [9.17, 15) is 13.2 Å². The zero-order chi connectivity index (χ0) is 19.6. The van der Waals surface area contributed by atoms with E-state index in [1.54, 1.807) is 30.1 Å². The number of carbonyl (C=O) groups excluding carboxylic acids is 1. The zero-order valence-corrected chi connectivity index (χ0v) is 16.5. The number of likely N-dealkylation sites (N-methyl/N-ethyl adjacent to an activating group) is 1. The molecule has 0 radical (unpaired) electrons. The number of aryl methyl sites for hydroxylation is 1. The molecule has 0 aromatic heterocycles. The van der Waals surface area contributed by atoms with Crippen molar-refractivity contribution in [3.8, 4) is 0 Å². The van der Waals surface area contributed by atoms with E-state index in [1.165, 1.54) is 11.6 Å². The van der Waals surface area contributed by atoms with Gasteiger partial charge in [-0.25, -0.2) is 0 Å². The topological polar surface area (TPSA) is 78.8 Å². The van der Waals surface area contributed by atoms with Crippen LogP contribution >= 0.6 is 0 Å². The van der Waals surface area contributed by atoms with E-state index in [-0.39, 0.29) is 23.4 Å². The molecule has 1 heterocycles. The Bertz CT molecular complexity index is 982. The van der Waals surface area contributed by atoms with Crippen LogP contribution in [0.4, 0.5) is 0 Å². The van der Waals surface area contributed by atoms with Crippen LogP contribution in [0.1, 0.15) is 36.6 Å². The van der Waals surface area contributed by atoms with E-state index in [4.69, 9.17) is 0 Å². The smallest absolute Gasteiger partial charge is 0.285 e. The summed E-state index contributed by atoms with van der Waals surface area (Å²) in [6.07, 6.45) is 0.971. The van der Waals surface area contributed by atoms with Crippen LogP contribution in [0.25, 0.3) is 0 Å². The van der Waals surface area contributed by atoms with Crippen LogP contribution in [0.15, 0.2) is 57.8 Å². The van der Waals surface area contributed by atoms with Gasteiger partial charge < -0.3 is 10.2 Å². The average Bonchev–Trinajstić information content (AvgIpc) is 2.93. The summed E-state index contributed by atoms with van der Waals surface area (Å²) in [5.41, 5.74) is 2.79. The largest absolute Gasteiger partial charge is 0.349 e. The molecule has 1 aliphatic heterocycles. The third kappa shape index (κ3) is 4.03. The first-order valence-corrected chi connectivity index (χ1v) is 10.3. The number of carbonyl (C=O) groups is 1. The molecule has 0 saturated carbocycles. The summed E-state index contributed by atoms with van der Waals surface area (Å²) in [5.74, 6) is 0.0924. The third-order valence-electron chi connectivity index (χ3n) is 4.62. The molecule has 0 saturated heterocycles. The highest BCUT2D eigenvalue weighted by Gasteiger charge is 2.31. The maximum atomic E-state index is 12.4. The van der Waals surface area contributed by atoms with Crippen molar-refractivity contribution >= 4 is 21.8 Å². The Morgan fingerprint density at radius 1 is 1.15 bits per heavy atom. The van der Waals surface area contributed by atoms with E-state index in [0.717, 1.165) is 12.0 Å². The number of nitrogens with one attached hydrogen (secondary N) is 1. The van der Waals surface area contributed by atoms with Crippen LogP contribution in [0.5, 0.6) is 0 Å². The van der Waals surface area contributed by atoms with Crippen LogP contribution < -0.4 is 5.32 Å². The predicted molar refractivity (Wildman–Crippen MR) is 105 cm³/mol. The van der Waals surface area contributed by atoms with Gasteiger partial charge in [0.25, 0.3) is 10.0 Å². The van der Waals surface area contributed by atoms with Crippen molar-refractivity contribution in [2.75, 3.05) is 13.6 Å². The van der Waals surface area contributed by atoms with Crippen molar-refractivity contribution in [3.63, 3.8) is 0 Å². The summed E-state index contributed by atoms with van der Waals surface area (Å²) in [6, 6.07) is 14.6. The molecule has 7 heteroatoms. The second kappa shape index (κ2) is 7.52. The fourth-order valence-electron chi connectivity index (χ4n) is 3.07. The molecule has 2 aromatic rings. The highest BCUT2D eigenvalue weighted by Crippen LogP contribution is 2.26. The standard InChI is InChI=1S/C20H23N3O3S/c1-4-15-9-11-16(12-10-15)14(2)21-19(24)13-23(3)20-17-7-5-6-8-18(17)27(25,26)22-20/h5-12,14H,4,13H2,1-3H3,(H,21,24). The number of hydrogen-bond donors (Lipinski definition) is 1. The minimum Gasteiger partial charge on any atom is -0.349 e. The molecular weight excluding hydrogens is 362 g/mol. The molecule has 0 aliphatic carbocycles. The van der Waals surface area contributed by atoms with Crippen LogP contribution in [0.2, 0.25) is 0 Å². The van der Waals surface area contributed by atoms with Gasteiger partial charge in [-0.3, -0.25) is 4.79 Å². The second-order valence-corrected chi connectivity index (χ2v) is 8.20. The van der Waals surface area contributed by atoms with Gasteiger partial charge in [0.05, 0.1) is 12.6 Å². The van der Waals surface area contributed by atoms with Crippen molar-refractivity contribution < 1.29 is 13.2 Å². The Hall–Kier alpha value is -2.67. The molecule has 6 nitrogen and oxygen atoms in total. The summed E-state index contributed by atoms with van der Waals surface area (Å²) < 4.78 is 28.1. The normalized spacial score (nSPS) is 15.6. The van der Waals surface area contributed by atoms with Gasteiger partial charge in [0.2, 0.25) is 5.91 Å². The minimum atomic E-state index is -3.69. The molecule has 2 aromatic carbocycles. The average molecular weight is 385 g/mol. The quantitative estimate of drug-likeness (QED) is 0.858. The van der Waals surface area contributed by atoms with Gasteiger partial charge in [-0.15, -0.1) is 4.40 Å². The first kappa shape index (κ1) is 19.1. The number of amides is 1. The predicted octanol–water partition coefficient (Wildman–Crippen LogP) is 2.51. The molecule has 0 spiro atoms. The van der Waals surface area contributed by atoms with Gasteiger partial charge in [0.1, 0.15) is 4.90 Å². The number of sulfonamides is 1. The van der Waals surface area contributed by atoms with Crippen LogP contribution in [-0.2, 0) is 21.2 Å². The molecule has 1 N–H and O–H groups in total. The van der Waals surface area contributed by atoms with Crippen LogP contribution in [0.3, 0.4) is 0 Å². The summed E-state index contributed by atoms with van der Waals surface area (Å²) >= 11 is 0. The number of rotatable bonds is 5. The summed E-state index contributed by atoms with van der Waals surface area (Å²) in [6.45, 7) is 4.03. The molecule has 0 fully saturated rings. The lowest BCUT2D eigenvalue weighted by Gasteiger charge is -2.21. The molecule has 27 heavy (non-hydrogen) atoms. The fourth-order valence-corrected chi connectivity index (χ4v) is 4.32. The molecular formula is C20H23N3O3S. The van der Waals surface area contributed by atoms with Crippen LogP contribution in [0, 0.1) is 0 Å². The molecule has 142 valence electrons. The van der Waals surface area contributed by atoms with E-state index in [2.05, 4.69) is 28.8 Å². The first-order valence-electron chi connectivity index (χ1n) is 8.85.